The van der Waals surface area contributed by atoms with Crippen molar-refractivity contribution in [2.75, 3.05) is 17.2 Å². The van der Waals surface area contributed by atoms with Gasteiger partial charge in [-0.1, -0.05) is 100 Å². The van der Waals surface area contributed by atoms with Crippen LogP contribution in [0.4, 0.5) is 5.69 Å². The second-order valence-electron chi connectivity index (χ2n) is 23.2. The van der Waals surface area contributed by atoms with Gasteiger partial charge in [-0.05, 0) is 141 Å². The number of unbranched alkanes of at least 4 members (excludes halogenated alkanes) is 2. The van der Waals surface area contributed by atoms with Crippen LogP contribution in [0.3, 0.4) is 0 Å². The van der Waals surface area contributed by atoms with E-state index in [2.05, 4.69) is 45.9 Å². The third-order valence-corrected chi connectivity index (χ3v) is 22.9. The molecule has 0 aromatic heterocycles. The number of ether oxygens (including phenoxy) is 1. The number of aryl methyl sites for hydroxylation is 1. The first-order chi connectivity index (χ1) is 30.9. The zero-order valence-electron chi connectivity index (χ0n) is 39.3. The van der Waals surface area contributed by atoms with Crippen molar-refractivity contribution < 1.29 is 45.0 Å². The van der Waals surface area contributed by atoms with Gasteiger partial charge < -0.3 is 40.3 Å². The molecule has 10 nitrogen and oxygen atoms in total. The highest BCUT2D eigenvalue weighted by Gasteiger charge is 2.78. The summed E-state index contributed by atoms with van der Waals surface area (Å²) in [7, 11) is 2.81. The number of benzene rings is 1. The lowest BCUT2D eigenvalue weighted by atomic mass is 9.39. The molecule has 12 heteroatoms. The van der Waals surface area contributed by atoms with Crippen LogP contribution >= 0.6 is 21.6 Å². The van der Waals surface area contributed by atoms with E-state index in [1.807, 2.05) is 11.8 Å². The molecule has 1 aromatic carbocycles. The zero-order valence-corrected chi connectivity index (χ0v) is 40.9. The standard InChI is InChI=1S/C53H75NO9S2/c1-6-7-8-12-34-28-54-36-21-32(22-37(55)24-36)15-19-50-33-14-11-18-52(61,45-44(63-45)31(4)30(2)3)42(50)16-20-53(50,62)39-25-43(58)51(27-41(57)40(56)26-48(51,5)38(39)23-33)47(60)65-64-29-35-13-9-10-17-49(34,35)46(54)59/h11,14,21-22,24-25,30-31,33-35,38,40-42,44-45,47,55-57,60-62H,6-10,12-13,15-20,23,26-29H2,1-5H3/t31-,33-,34-,35+,38+,40+,41-,42+,44+,45-,47-,48-,49-,50-,51+,52-,53-/m1/s1. The van der Waals surface area contributed by atoms with Crippen molar-refractivity contribution in [2.24, 2.45) is 63.1 Å². The van der Waals surface area contributed by atoms with E-state index in [-0.39, 0.29) is 60.1 Å². The number of hydrogen-bond donors (Lipinski definition) is 6. The van der Waals surface area contributed by atoms with Crippen molar-refractivity contribution in [1.82, 2.24) is 0 Å². The van der Waals surface area contributed by atoms with E-state index in [4.69, 9.17) is 4.74 Å². The molecular weight excluding hydrogens is 859 g/mol. The Morgan fingerprint density at radius 3 is 2.52 bits per heavy atom. The molecule has 8 bridgehead atoms. The van der Waals surface area contributed by atoms with Gasteiger partial charge in [0.05, 0.1) is 34.7 Å². The maximum Gasteiger partial charge on any atom is 0.233 e. The maximum absolute atomic E-state index is 15.5. The summed E-state index contributed by atoms with van der Waals surface area (Å²) in [6.07, 6.45) is 13.5. The lowest BCUT2D eigenvalue weighted by molar-refractivity contribution is -0.206. The summed E-state index contributed by atoms with van der Waals surface area (Å²) < 4.78 is 6.50. The van der Waals surface area contributed by atoms with E-state index in [0.29, 0.717) is 68.0 Å². The van der Waals surface area contributed by atoms with Gasteiger partial charge in [-0.15, -0.1) is 0 Å². The second-order valence-corrected chi connectivity index (χ2v) is 25.7. The smallest absolute Gasteiger partial charge is 0.233 e. The number of phenols is 1. The fourth-order valence-electron chi connectivity index (χ4n) is 16.6. The Morgan fingerprint density at radius 2 is 1.75 bits per heavy atom. The van der Waals surface area contributed by atoms with Gasteiger partial charge in [0, 0.05) is 35.4 Å². The van der Waals surface area contributed by atoms with Gasteiger partial charge in [0.1, 0.15) is 22.9 Å². The molecule has 4 saturated carbocycles. The minimum atomic E-state index is -1.54. The fraction of sp³-hybridized carbons (Fsp3) is 0.774. The number of hydrogen-bond acceptors (Lipinski definition) is 11. The Labute approximate surface area is 394 Å². The van der Waals surface area contributed by atoms with Crippen molar-refractivity contribution in [3.63, 3.8) is 0 Å². The lowest BCUT2D eigenvalue weighted by Crippen LogP contribution is -2.70. The number of aromatic hydroxyl groups is 1. The maximum atomic E-state index is 15.5. The van der Waals surface area contributed by atoms with Crippen LogP contribution in [0.5, 0.6) is 5.75 Å². The average molecular weight is 934 g/mol. The van der Waals surface area contributed by atoms with E-state index in [1.54, 1.807) is 18.2 Å². The topological polar surface area (TPSA) is 171 Å². The summed E-state index contributed by atoms with van der Waals surface area (Å²) >= 11 is 0. The number of nitrogens with zero attached hydrogens (tertiary/aromatic N) is 1. The van der Waals surface area contributed by atoms with Gasteiger partial charge in [0.15, 0.2) is 5.78 Å². The average Bonchev–Trinajstić information content (AvgIpc) is 3.97. The van der Waals surface area contributed by atoms with Gasteiger partial charge in [0.25, 0.3) is 0 Å². The van der Waals surface area contributed by atoms with E-state index < -0.39 is 68.4 Å². The van der Waals surface area contributed by atoms with Crippen LogP contribution in [-0.4, -0.2) is 95.7 Å². The Bertz CT molecular complexity index is 2110. The molecule has 11 aliphatic rings. The number of amides is 1. The number of ketones is 1. The first-order valence-electron chi connectivity index (χ1n) is 25.4. The number of aliphatic hydroxyl groups is 5. The van der Waals surface area contributed by atoms with Crippen molar-refractivity contribution in [3.8, 4) is 5.75 Å². The number of carbonyl (C=O) groups is 2. The zero-order chi connectivity index (χ0) is 46.1. The monoisotopic (exact) mass is 933 g/mol. The molecule has 5 aliphatic heterocycles. The molecule has 2 saturated heterocycles. The number of fused-ring (bicyclic) bond motifs is 1. The van der Waals surface area contributed by atoms with Gasteiger partial charge in [-0.3, -0.25) is 9.59 Å². The lowest BCUT2D eigenvalue weighted by Gasteiger charge is -2.66. The Balaban J connectivity index is 1.15. The number of allylic oxidation sites excluding steroid dienone is 2. The van der Waals surface area contributed by atoms with Gasteiger partial charge >= 0.3 is 0 Å². The quantitative estimate of drug-likeness (QED) is 0.0673. The predicted octanol–water partition coefficient (Wildman–Crippen LogP) is 8.29. The van der Waals surface area contributed by atoms with Crippen LogP contribution < -0.4 is 4.90 Å². The van der Waals surface area contributed by atoms with Crippen LogP contribution in [-0.2, 0) is 20.7 Å². The number of phenolic OH excluding ortho intramolecular Hbond substituents is 1. The number of rotatable bonds is 7. The van der Waals surface area contributed by atoms with Crippen molar-refractivity contribution in [2.45, 2.75) is 178 Å². The number of carbonyl (C=O) groups excluding carboxylic acids is 2. The highest BCUT2D eigenvalue weighted by molar-refractivity contribution is 8.76. The first-order valence-corrected chi connectivity index (χ1v) is 27.8. The first kappa shape index (κ1) is 46.8. The van der Waals surface area contributed by atoms with Crippen LogP contribution in [0, 0.1) is 63.1 Å². The van der Waals surface area contributed by atoms with E-state index in [1.165, 1.54) is 21.6 Å². The number of aliphatic hydroxyl groups excluding tert-OH is 3. The Kier molecular flexibility index (Phi) is 12.0. The molecule has 1 amide bonds. The molecule has 3 spiro atoms. The summed E-state index contributed by atoms with van der Waals surface area (Å²) in [5.41, 5.74) is -5.89. The molecule has 5 heterocycles. The Morgan fingerprint density at radius 1 is 0.969 bits per heavy atom. The molecule has 6 N–H and O–H groups in total. The number of anilines is 1. The van der Waals surface area contributed by atoms with E-state index in [0.717, 1.165) is 56.9 Å². The van der Waals surface area contributed by atoms with Crippen LogP contribution in [0.25, 0.3) is 0 Å². The normalized spacial score (nSPS) is 47.3. The van der Waals surface area contributed by atoms with Gasteiger partial charge in [-0.2, -0.15) is 0 Å². The largest absolute Gasteiger partial charge is 0.508 e. The minimum absolute atomic E-state index is 0.0517. The molecular formula is C53H75NO9S2. The second kappa shape index (κ2) is 16.6. The summed E-state index contributed by atoms with van der Waals surface area (Å²) in [4.78, 5) is 32.8. The molecule has 6 fully saturated rings. The third kappa shape index (κ3) is 6.62. The molecule has 358 valence electrons. The summed E-state index contributed by atoms with van der Waals surface area (Å²) in [5, 5.41) is 74.8. The molecule has 1 aromatic rings. The van der Waals surface area contributed by atoms with E-state index in [9.17, 15) is 30.6 Å². The van der Waals surface area contributed by atoms with Gasteiger partial charge in [-0.25, -0.2) is 0 Å². The van der Waals surface area contributed by atoms with Crippen LogP contribution in [0.2, 0.25) is 0 Å². The Hall–Kier alpha value is -1.90. The van der Waals surface area contributed by atoms with E-state index >= 15 is 9.59 Å². The molecule has 0 radical (unpaired) electrons. The van der Waals surface area contributed by atoms with Gasteiger partial charge in [0.2, 0.25) is 5.91 Å². The SMILES string of the molecule is CCCCC[C@@H]1CN2C(=O)[C@]13CCCC[C@H]3CSS[C@@H](O)[C@@]13C[C@@H](O)[C@@H](O)C[C@]1(C)[C@H]1C[C@H]4C=CC[C@](O)([C@@H]5O[C@H]5[C@H](C)C(C)C)[C@H]5CC[C@@](O)(C1=CC3=O)[C@]45CCc1cc(O)cc2c1. The minimum Gasteiger partial charge on any atom is -0.508 e. The van der Waals surface area contributed by atoms with Crippen molar-refractivity contribution in [3.05, 3.63) is 47.6 Å². The third-order valence-electron chi connectivity index (χ3n) is 20.3. The summed E-state index contributed by atoms with van der Waals surface area (Å²) in [6, 6.07) is 5.60. The highest BCUT2D eigenvalue weighted by atomic mass is 33.1. The highest BCUT2D eigenvalue weighted by Crippen LogP contribution is 2.76. The molecule has 65 heavy (non-hydrogen) atoms. The molecule has 6 aliphatic carbocycles. The number of epoxide rings is 1. The summed E-state index contributed by atoms with van der Waals surface area (Å²) in [6.45, 7) is 11.3. The van der Waals surface area contributed by atoms with Crippen LogP contribution in [0.15, 0.2) is 42.0 Å². The predicted molar refractivity (Wildman–Crippen MR) is 255 cm³/mol. The fourth-order valence-corrected chi connectivity index (χ4v) is 19.7. The molecule has 17 atom stereocenters. The van der Waals surface area contributed by atoms with Crippen molar-refractivity contribution in [1.29, 1.82) is 0 Å². The molecule has 0 unspecified atom stereocenters. The van der Waals surface area contributed by atoms with Crippen molar-refractivity contribution >= 4 is 39.0 Å². The summed E-state index contributed by atoms with van der Waals surface area (Å²) in [5.74, 6) is 0.190. The molecule has 12 rings (SSSR count). The van der Waals surface area contributed by atoms with Crippen LogP contribution in [0.1, 0.15) is 136 Å².